The minimum absolute atomic E-state index is 0.293. The summed E-state index contributed by atoms with van der Waals surface area (Å²) >= 11 is 0. The lowest BCUT2D eigenvalue weighted by Crippen LogP contribution is -2.52. The Bertz CT molecular complexity index is 532. The molecule has 0 spiro atoms. The zero-order valence-corrected chi connectivity index (χ0v) is 14.9. The zero-order valence-electron chi connectivity index (χ0n) is 14.9. The van der Waals surface area contributed by atoms with Crippen molar-refractivity contribution in [2.45, 2.75) is 51.0 Å². The first-order chi connectivity index (χ1) is 11.8. The van der Waals surface area contributed by atoms with E-state index in [0.717, 1.165) is 44.4 Å². The summed E-state index contributed by atoms with van der Waals surface area (Å²) in [6.07, 6.45) is 8.25. The minimum atomic E-state index is 0.293. The van der Waals surface area contributed by atoms with Gasteiger partial charge in [0.05, 0.1) is 7.11 Å². The van der Waals surface area contributed by atoms with Crippen LogP contribution < -0.4 is 4.74 Å². The molecule has 1 aromatic carbocycles. The van der Waals surface area contributed by atoms with Crippen LogP contribution >= 0.6 is 0 Å². The van der Waals surface area contributed by atoms with Crippen LogP contribution in [0.25, 0.3) is 0 Å². The Morgan fingerprint density at radius 3 is 2.58 bits per heavy atom. The van der Waals surface area contributed by atoms with Crippen molar-refractivity contribution in [3.8, 4) is 5.75 Å². The Kier molecular flexibility index (Phi) is 6.13. The van der Waals surface area contributed by atoms with Crippen molar-refractivity contribution in [1.82, 2.24) is 9.80 Å². The van der Waals surface area contributed by atoms with Crippen molar-refractivity contribution in [3.63, 3.8) is 0 Å². The summed E-state index contributed by atoms with van der Waals surface area (Å²) in [6.45, 7) is 3.89. The Hall–Kier alpha value is -1.55. The minimum Gasteiger partial charge on any atom is -0.497 e. The highest BCUT2D eigenvalue weighted by Crippen LogP contribution is 2.23. The number of aryl methyl sites for hydroxylation is 1. The van der Waals surface area contributed by atoms with Gasteiger partial charge in [-0.15, -0.1) is 0 Å². The van der Waals surface area contributed by atoms with E-state index in [1.54, 1.807) is 7.11 Å². The second kappa shape index (κ2) is 8.52. The Labute approximate surface area is 145 Å². The smallest absolute Gasteiger partial charge is 0.222 e. The van der Waals surface area contributed by atoms with E-state index in [4.69, 9.17) is 4.74 Å². The first-order valence-corrected chi connectivity index (χ1v) is 9.41. The largest absolute Gasteiger partial charge is 0.497 e. The average molecular weight is 330 g/mol. The molecular formula is C20H30N2O2. The fourth-order valence-electron chi connectivity index (χ4n) is 4.02. The first-order valence-electron chi connectivity index (χ1n) is 9.41. The van der Waals surface area contributed by atoms with Gasteiger partial charge in [-0.25, -0.2) is 0 Å². The van der Waals surface area contributed by atoms with Crippen LogP contribution in [0.1, 0.15) is 44.1 Å². The molecule has 132 valence electrons. The fraction of sp³-hybridized carbons (Fsp3) is 0.650. The lowest BCUT2D eigenvalue weighted by molar-refractivity contribution is -0.133. The van der Waals surface area contributed by atoms with Gasteiger partial charge in [-0.05, 0) is 37.0 Å². The van der Waals surface area contributed by atoms with Gasteiger partial charge in [0.15, 0.2) is 0 Å². The van der Waals surface area contributed by atoms with Crippen molar-refractivity contribution in [2.24, 2.45) is 0 Å². The van der Waals surface area contributed by atoms with Crippen LogP contribution in [0.5, 0.6) is 5.75 Å². The number of benzene rings is 1. The van der Waals surface area contributed by atoms with Crippen molar-refractivity contribution in [3.05, 3.63) is 29.8 Å². The molecule has 0 atom stereocenters. The highest BCUT2D eigenvalue weighted by molar-refractivity contribution is 5.76. The third-order valence-electron chi connectivity index (χ3n) is 5.52. The summed E-state index contributed by atoms with van der Waals surface area (Å²) in [6, 6.07) is 8.79. The molecule has 0 aromatic heterocycles. The molecule has 1 saturated heterocycles. The van der Waals surface area contributed by atoms with E-state index in [-0.39, 0.29) is 0 Å². The quantitative estimate of drug-likeness (QED) is 0.832. The number of methoxy groups -OCH3 is 1. The predicted molar refractivity (Wildman–Crippen MR) is 96.3 cm³/mol. The van der Waals surface area contributed by atoms with E-state index in [9.17, 15) is 4.79 Å². The van der Waals surface area contributed by atoms with E-state index >= 15 is 0 Å². The van der Waals surface area contributed by atoms with Crippen molar-refractivity contribution in [1.29, 1.82) is 0 Å². The van der Waals surface area contributed by atoms with E-state index in [0.29, 0.717) is 12.3 Å². The van der Waals surface area contributed by atoms with Crippen LogP contribution in [-0.2, 0) is 11.2 Å². The van der Waals surface area contributed by atoms with E-state index in [2.05, 4.69) is 15.9 Å². The molecule has 0 bridgehead atoms. The topological polar surface area (TPSA) is 32.8 Å². The monoisotopic (exact) mass is 330 g/mol. The number of piperazine rings is 1. The van der Waals surface area contributed by atoms with Crippen LogP contribution in [0.4, 0.5) is 0 Å². The molecule has 4 heteroatoms. The fourth-order valence-corrected chi connectivity index (χ4v) is 4.02. The number of hydrogen-bond acceptors (Lipinski definition) is 3. The molecule has 2 fully saturated rings. The van der Waals surface area contributed by atoms with Gasteiger partial charge in [-0.3, -0.25) is 9.69 Å². The second-order valence-corrected chi connectivity index (χ2v) is 7.06. The molecule has 1 saturated carbocycles. The second-order valence-electron chi connectivity index (χ2n) is 7.06. The SMILES string of the molecule is COc1cccc(CCC(=O)N2CCN(C3CCCCC3)CC2)c1. The molecule has 1 aromatic rings. The number of carbonyl (C=O) groups is 1. The lowest BCUT2D eigenvalue weighted by atomic mass is 9.94. The van der Waals surface area contributed by atoms with Gasteiger partial charge >= 0.3 is 0 Å². The Morgan fingerprint density at radius 2 is 1.88 bits per heavy atom. The van der Waals surface area contributed by atoms with Crippen LogP contribution in [0.2, 0.25) is 0 Å². The number of ether oxygens (including phenoxy) is 1. The Morgan fingerprint density at radius 1 is 1.12 bits per heavy atom. The van der Waals surface area contributed by atoms with Crippen LogP contribution in [0.15, 0.2) is 24.3 Å². The average Bonchev–Trinajstić information content (AvgIpc) is 2.67. The Balaban J connectivity index is 1.43. The summed E-state index contributed by atoms with van der Waals surface area (Å²) < 4.78 is 5.25. The molecule has 1 aliphatic carbocycles. The maximum absolute atomic E-state index is 12.5. The van der Waals surface area contributed by atoms with E-state index in [1.807, 2.05) is 18.2 Å². The van der Waals surface area contributed by atoms with Crippen molar-refractivity contribution >= 4 is 5.91 Å². The maximum atomic E-state index is 12.5. The molecule has 2 aliphatic rings. The van der Waals surface area contributed by atoms with Crippen LogP contribution in [-0.4, -0.2) is 55.0 Å². The molecule has 0 N–H and O–H groups in total. The molecule has 1 heterocycles. The van der Waals surface area contributed by atoms with Crippen LogP contribution in [0.3, 0.4) is 0 Å². The molecular weight excluding hydrogens is 300 g/mol. The highest BCUT2D eigenvalue weighted by Gasteiger charge is 2.26. The summed E-state index contributed by atoms with van der Waals surface area (Å²) in [5.74, 6) is 1.15. The van der Waals surface area contributed by atoms with Crippen LogP contribution in [0, 0.1) is 0 Å². The van der Waals surface area contributed by atoms with Gasteiger partial charge in [0.25, 0.3) is 0 Å². The third kappa shape index (κ3) is 4.50. The summed E-state index contributed by atoms with van der Waals surface area (Å²) in [7, 11) is 1.68. The lowest BCUT2D eigenvalue weighted by Gasteiger charge is -2.40. The summed E-state index contributed by atoms with van der Waals surface area (Å²) in [5.41, 5.74) is 1.17. The van der Waals surface area contributed by atoms with E-state index in [1.165, 1.54) is 37.7 Å². The third-order valence-corrected chi connectivity index (χ3v) is 5.52. The van der Waals surface area contributed by atoms with Gasteiger partial charge < -0.3 is 9.64 Å². The number of amides is 1. The standard InChI is InChI=1S/C20H30N2O2/c1-24-19-9-5-6-17(16-19)10-11-20(23)22-14-12-21(13-15-22)18-7-3-2-4-8-18/h5-6,9,16,18H,2-4,7-8,10-15H2,1H3. The van der Waals surface area contributed by atoms with Gasteiger partial charge in [0.1, 0.15) is 5.75 Å². The number of rotatable bonds is 5. The summed E-state index contributed by atoms with van der Waals surface area (Å²) in [4.78, 5) is 17.2. The number of hydrogen-bond donors (Lipinski definition) is 0. The first kappa shape index (κ1) is 17.3. The van der Waals surface area contributed by atoms with Gasteiger partial charge in [0.2, 0.25) is 5.91 Å². The molecule has 0 unspecified atom stereocenters. The maximum Gasteiger partial charge on any atom is 0.222 e. The molecule has 3 rings (SSSR count). The normalized spacial score (nSPS) is 20.1. The highest BCUT2D eigenvalue weighted by atomic mass is 16.5. The van der Waals surface area contributed by atoms with Gasteiger partial charge in [-0.1, -0.05) is 31.4 Å². The van der Waals surface area contributed by atoms with E-state index < -0.39 is 0 Å². The summed E-state index contributed by atoms with van der Waals surface area (Å²) in [5, 5.41) is 0. The molecule has 1 amide bonds. The number of carbonyl (C=O) groups excluding carboxylic acids is 1. The number of nitrogens with zero attached hydrogens (tertiary/aromatic N) is 2. The van der Waals surface area contributed by atoms with Gasteiger partial charge in [0, 0.05) is 38.6 Å². The molecule has 0 radical (unpaired) electrons. The molecule has 24 heavy (non-hydrogen) atoms. The van der Waals surface area contributed by atoms with Crippen molar-refractivity contribution < 1.29 is 9.53 Å². The zero-order chi connectivity index (χ0) is 16.8. The predicted octanol–water partition coefficient (Wildman–Crippen LogP) is 3.10. The molecule has 1 aliphatic heterocycles. The van der Waals surface area contributed by atoms with Crippen molar-refractivity contribution in [2.75, 3.05) is 33.3 Å². The van der Waals surface area contributed by atoms with Gasteiger partial charge in [-0.2, -0.15) is 0 Å². The molecule has 4 nitrogen and oxygen atoms in total.